The Hall–Kier alpha value is -2.17. The molecule has 0 aliphatic carbocycles. The molecule has 1 fully saturated rings. The first-order valence-corrected chi connectivity index (χ1v) is 8.39. The monoisotopic (exact) mass is 404 g/mol. The fourth-order valence-electron chi connectivity index (χ4n) is 2.57. The Bertz CT molecular complexity index is 809. The average molecular weight is 405 g/mol. The number of methoxy groups -OCH3 is 1. The van der Waals surface area contributed by atoms with Gasteiger partial charge in [0.15, 0.2) is 17.7 Å². The van der Waals surface area contributed by atoms with Crippen molar-refractivity contribution < 1.29 is 27.4 Å². The van der Waals surface area contributed by atoms with Crippen LogP contribution in [-0.2, 0) is 9.47 Å². The largest absolute Gasteiger partial charge is 0.463 e. The molecule has 1 atom stereocenters. The zero-order chi connectivity index (χ0) is 19.4. The van der Waals surface area contributed by atoms with E-state index in [4.69, 9.17) is 25.8 Å². The Kier molecular flexibility index (Phi) is 6.30. The van der Waals surface area contributed by atoms with Crippen LogP contribution in [0.25, 0.3) is 0 Å². The fourth-order valence-corrected chi connectivity index (χ4v) is 2.73. The van der Waals surface area contributed by atoms with Gasteiger partial charge in [-0.05, 0) is 11.6 Å². The number of anilines is 1. The van der Waals surface area contributed by atoms with Gasteiger partial charge in [0, 0.05) is 26.3 Å². The third kappa shape index (κ3) is 4.57. The highest BCUT2D eigenvalue weighted by Gasteiger charge is 2.27. The van der Waals surface area contributed by atoms with Crippen molar-refractivity contribution in [3.05, 3.63) is 40.7 Å². The molecule has 3 rings (SSSR count). The summed E-state index contributed by atoms with van der Waals surface area (Å²) in [6.45, 7) is 1.48. The van der Waals surface area contributed by atoms with Crippen LogP contribution in [0.3, 0.4) is 0 Å². The van der Waals surface area contributed by atoms with Crippen LogP contribution in [-0.4, -0.2) is 55.0 Å². The van der Waals surface area contributed by atoms with Crippen LogP contribution in [0.4, 0.5) is 19.0 Å². The van der Waals surface area contributed by atoms with Gasteiger partial charge in [0.25, 0.3) is 5.88 Å². The molecule has 2 aromatic rings. The Morgan fingerprint density at radius 3 is 2.67 bits per heavy atom. The highest BCUT2D eigenvalue weighted by molar-refractivity contribution is 6.28. The Morgan fingerprint density at radius 2 is 2.00 bits per heavy atom. The molecule has 146 valence electrons. The maximum Gasteiger partial charge on any atom is 0.257 e. The molecule has 1 aliphatic rings. The van der Waals surface area contributed by atoms with Crippen LogP contribution in [0.2, 0.25) is 5.28 Å². The van der Waals surface area contributed by atoms with E-state index in [1.807, 2.05) is 0 Å². The molecule has 27 heavy (non-hydrogen) atoms. The van der Waals surface area contributed by atoms with E-state index in [1.165, 1.54) is 7.11 Å². The molecule has 0 radical (unpaired) electrons. The number of nitrogens with zero attached hydrogens (tertiary/aromatic N) is 4. The number of halogens is 4. The average Bonchev–Trinajstić information content (AvgIpc) is 2.65. The van der Waals surface area contributed by atoms with Gasteiger partial charge in [-0.2, -0.15) is 14.4 Å². The molecule has 0 amide bonds. The first kappa shape index (κ1) is 19.6. The summed E-state index contributed by atoms with van der Waals surface area (Å²) in [6, 6.07) is 0.650. The van der Waals surface area contributed by atoms with E-state index in [1.54, 1.807) is 4.90 Å². The minimum absolute atomic E-state index is 0.0444. The number of morpholine rings is 1. The smallest absolute Gasteiger partial charge is 0.257 e. The minimum Gasteiger partial charge on any atom is -0.463 e. The molecular formula is C16H16ClF3N4O3. The number of ether oxygens (including phenoxy) is 3. The predicted octanol–water partition coefficient (Wildman–Crippen LogP) is 2.55. The maximum atomic E-state index is 14.9. The number of hydrogen-bond donors (Lipinski definition) is 0. The minimum atomic E-state index is -1.17. The zero-order valence-corrected chi connectivity index (χ0v) is 15.0. The zero-order valence-electron chi connectivity index (χ0n) is 14.3. The third-order valence-corrected chi connectivity index (χ3v) is 3.97. The molecule has 7 nitrogen and oxygen atoms in total. The Labute approximate surface area is 158 Å². The van der Waals surface area contributed by atoms with Crippen LogP contribution in [0.1, 0.15) is 11.8 Å². The van der Waals surface area contributed by atoms with Crippen molar-refractivity contribution in [1.29, 1.82) is 0 Å². The van der Waals surface area contributed by atoms with E-state index in [0.29, 0.717) is 32.4 Å². The molecular weight excluding hydrogens is 389 g/mol. The van der Waals surface area contributed by atoms with Crippen molar-refractivity contribution in [3.8, 4) is 5.88 Å². The molecule has 1 aliphatic heterocycles. The summed E-state index contributed by atoms with van der Waals surface area (Å²) in [6.07, 6.45) is -0.346. The maximum absolute atomic E-state index is 14.9. The van der Waals surface area contributed by atoms with Crippen LogP contribution in [0.5, 0.6) is 5.88 Å². The van der Waals surface area contributed by atoms with Gasteiger partial charge in [-0.15, -0.1) is 0 Å². The van der Waals surface area contributed by atoms with E-state index in [-0.39, 0.29) is 23.4 Å². The molecule has 0 N–H and O–H groups in total. The molecule has 0 spiro atoms. The van der Waals surface area contributed by atoms with E-state index >= 15 is 0 Å². The molecule has 3 heterocycles. The Balaban J connectivity index is 1.92. The van der Waals surface area contributed by atoms with Crippen LogP contribution < -0.4 is 9.64 Å². The molecule has 11 heteroatoms. The molecule has 2 aromatic heterocycles. The van der Waals surface area contributed by atoms with Crippen LogP contribution in [0.15, 0.2) is 12.3 Å². The summed E-state index contributed by atoms with van der Waals surface area (Å²) in [5, 5.41) is -0.239. The molecule has 0 saturated carbocycles. The number of rotatable bonds is 6. The molecule has 0 aromatic carbocycles. The second kappa shape index (κ2) is 8.68. The lowest BCUT2D eigenvalue weighted by molar-refractivity contribution is 0.0694. The van der Waals surface area contributed by atoms with Gasteiger partial charge in [0.05, 0.1) is 26.0 Å². The second-order valence-corrected chi connectivity index (χ2v) is 5.96. The standard InChI is InChI=1S/C16H16ClF3N4O3/c1-25-8-11(13-10(19)6-9(18)7-21-13)27-15-12(20)14(22-16(17)23-15)24-2-4-26-5-3-24/h6-7,11H,2-5,8H2,1H3. The number of pyridine rings is 1. The second-order valence-electron chi connectivity index (χ2n) is 5.62. The van der Waals surface area contributed by atoms with E-state index in [9.17, 15) is 13.2 Å². The highest BCUT2D eigenvalue weighted by atomic mass is 35.5. The van der Waals surface area contributed by atoms with Gasteiger partial charge in [0.1, 0.15) is 11.5 Å². The summed E-state index contributed by atoms with van der Waals surface area (Å²) in [7, 11) is 1.35. The number of hydrogen-bond acceptors (Lipinski definition) is 7. The summed E-state index contributed by atoms with van der Waals surface area (Å²) in [5.41, 5.74) is -0.250. The van der Waals surface area contributed by atoms with Crippen molar-refractivity contribution >= 4 is 17.4 Å². The van der Waals surface area contributed by atoms with E-state index < -0.39 is 29.4 Å². The van der Waals surface area contributed by atoms with Crippen molar-refractivity contribution in [1.82, 2.24) is 15.0 Å². The molecule has 1 saturated heterocycles. The lowest BCUT2D eigenvalue weighted by atomic mass is 10.2. The van der Waals surface area contributed by atoms with E-state index in [0.717, 1.165) is 6.20 Å². The van der Waals surface area contributed by atoms with Crippen LogP contribution >= 0.6 is 11.6 Å². The Morgan fingerprint density at radius 1 is 1.26 bits per heavy atom. The van der Waals surface area contributed by atoms with Crippen molar-refractivity contribution in [3.63, 3.8) is 0 Å². The first-order chi connectivity index (χ1) is 13.0. The predicted molar refractivity (Wildman–Crippen MR) is 89.4 cm³/mol. The van der Waals surface area contributed by atoms with Gasteiger partial charge in [-0.1, -0.05) is 0 Å². The SMILES string of the molecule is COCC(Oc1nc(Cl)nc(N2CCOCC2)c1F)c1ncc(F)cc1F. The summed E-state index contributed by atoms with van der Waals surface area (Å²) in [5.74, 6) is -3.18. The quantitative estimate of drug-likeness (QED) is 0.685. The van der Waals surface area contributed by atoms with Crippen LogP contribution in [0, 0.1) is 17.5 Å². The third-order valence-electron chi connectivity index (χ3n) is 3.80. The van der Waals surface area contributed by atoms with E-state index in [2.05, 4.69) is 15.0 Å². The van der Waals surface area contributed by atoms with Gasteiger partial charge >= 0.3 is 0 Å². The van der Waals surface area contributed by atoms with Crippen molar-refractivity contribution in [2.75, 3.05) is 44.9 Å². The molecule has 1 unspecified atom stereocenters. The van der Waals surface area contributed by atoms with Gasteiger partial charge in [-0.3, -0.25) is 4.98 Å². The summed E-state index contributed by atoms with van der Waals surface area (Å²) < 4.78 is 57.8. The van der Waals surface area contributed by atoms with Gasteiger partial charge < -0.3 is 19.1 Å². The summed E-state index contributed by atoms with van der Waals surface area (Å²) >= 11 is 5.90. The summed E-state index contributed by atoms with van der Waals surface area (Å²) in [4.78, 5) is 13.0. The number of aromatic nitrogens is 3. The highest BCUT2D eigenvalue weighted by Crippen LogP contribution is 2.30. The molecule has 0 bridgehead atoms. The fraction of sp³-hybridized carbons (Fsp3) is 0.438. The van der Waals surface area contributed by atoms with Crippen molar-refractivity contribution in [2.24, 2.45) is 0 Å². The van der Waals surface area contributed by atoms with Crippen molar-refractivity contribution in [2.45, 2.75) is 6.10 Å². The lowest BCUT2D eigenvalue weighted by Gasteiger charge is -2.28. The van der Waals surface area contributed by atoms with Gasteiger partial charge in [-0.25, -0.2) is 8.78 Å². The van der Waals surface area contributed by atoms with Gasteiger partial charge in [0.2, 0.25) is 11.1 Å². The first-order valence-electron chi connectivity index (χ1n) is 8.02. The lowest BCUT2D eigenvalue weighted by Crippen LogP contribution is -2.37. The topological polar surface area (TPSA) is 69.6 Å². The normalized spacial score (nSPS) is 15.7.